The Bertz CT molecular complexity index is 1210. The number of pyridine rings is 1. The Balaban J connectivity index is 1.17. The van der Waals surface area contributed by atoms with E-state index >= 15 is 0 Å². The summed E-state index contributed by atoms with van der Waals surface area (Å²) >= 11 is 3.59. The van der Waals surface area contributed by atoms with E-state index < -0.39 is 6.09 Å². The summed E-state index contributed by atoms with van der Waals surface area (Å²) in [6, 6.07) is 14.4. The maximum Gasteiger partial charge on any atom is 0.412 e. The molecule has 0 bridgehead atoms. The molecule has 0 unspecified atom stereocenters. The average molecular weight is 568 g/mol. The van der Waals surface area contributed by atoms with Crippen LogP contribution in [0.25, 0.3) is 10.9 Å². The monoisotopic (exact) mass is 566 g/mol. The number of aryl methyl sites for hydroxylation is 1. The van der Waals surface area contributed by atoms with Gasteiger partial charge < -0.3 is 20.3 Å². The van der Waals surface area contributed by atoms with Crippen molar-refractivity contribution in [3.05, 3.63) is 63.8 Å². The number of unbranched alkanes of at least 4 members (excludes halogenated alkanes) is 3. The fraction of sp³-hybridized carbons (Fsp3) is 0.467. The third-order valence-electron chi connectivity index (χ3n) is 7.23. The Kier molecular flexibility index (Phi) is 9.81. The Labute approximate surface area is 229 Å². The van der Waals surface area contributed by atoms with Crippen LogP contribution in [0.3, 0.4) is 0 Å². The van der Waals surface area contributed by atoms with Crippen molar-refractivity contribution in [3.63, 3.8) is 0 Å². The van der Waals surface area contributed by atoms with E-state index in [-0.39, 0.29) is 6.04 Å². The molecule has 0 aliphatic heterocycles. The summed E-state index contributed by atoms with van der Waals surface area (Å²) in [5, 5.41) is 7.84. The Morgan fingerprint density at radius 2 is 1.84 bits per heavy atom. The van der Waals surface area contributed by atoms with Gasteiger partial charge in [0, 0.05) is 40.4 Å². The predicted molar refractivity (Wildman–Crippen MR) is 156 cm³/mol. The molecule has 1 amide bonds. The second-order valence-electron chi connectivity index (χ2n) is 10.1. The Morgan fingerprint density at radius 1 is 1.05 bits per heavy atom. The lowest BCUT2D eigenvalue weighted by Gasteiger charge is -2.22. The van der Waals surface area contributed by atoms with Crippen LogP contribution in [0.5, 0.6) is 5.75 Å². The highest BCUT2D eigenvalue weighted by atomic mass is 79.9. The minimum atomic E-state index is -0.391. The number of anilines is 1. The molecule has 0 radical (unpaired) electrons. The van der Waals surface area contributed by atoms with Gasteiger partial charge in [0.05, 0.1) is 5.52 Å². The first-order valence-electron chi connectivity index (χ1n) is 13.5. The second kappa shape index (κ2) is 13.2. The standard InChI is InChI=1S/C30H39BrN4O2/c1-21(35(2)3)22-11-10-12-24(19-22)37-30(36)33-18-9-5-4-8-17-32-29-25-13-6-7-14-27(25)34-28-20-23(31)15-16-26(28)29/h10-12,15-16,19-21H,4-9,13-14,17-18H2,1-3H3,(H,32,34)(H,33,36)/t21-/m0/s1. The van der Waals surface area contributed by atoms with Crippen molar-refractivity contribution in [2.24, 2.45) is 0 Å². The molecule has 1 heterocycles. The molecular formula is C30H39BrN4O2. The highest BCUT2D eigenvalue weighted by molar-refractivity contribution is 9.10. The molecule has 0 saturated carbocycles. The average Bonchev–Trinajstić information content (AvgIpc) is 2.89. The van der Waals surface area contributed by atoms with E-state index in [1.807, 2.05) is 32.3 Å². The van der Waals surface area contributed by atoms with Gasteiger partial charge in [-0.2, -0.15) is 0 Å². The highest BCUT2D eigenvalue weighted by Crippen LogP contribution is 2.34. The summed E-state index contributed by atoms with van der Waals surface area (Å²) in [4.78, 5) is 19.3. The van der Waals surface area contributed by atoms with Crippen LogP contribution in [-0.2, 0) is 12.8 Å². The molecule has 198 valence electrons. The Morgan fingerprint density at radius 3 is 2.65 bits per heavy atom. The van der Waals surface area contributed by atoms with Gasteiger partial charge in [-0.3, -0.25) is 4.98 Å². The van der Waals surface area contributed by atoms with E-state index in [4.69, 9.17) is 9.72 Å². The largest absolute Gasteiger partial charge is 0.412 e. The highest BCUT2D eigenvalue weighted by Gasteiger charge is 2.18. The first-order chi connectivity index (χ1) is 17.9. The molecule has 37 heavy (non-hydrogen) atoms. The zero-order valence-corrected chi connectivity index (χ0v) is 23.9. The maximum atomic E-state index is 12.2. The molecular weight excluding hydrogens is 528 g/mol. The SMILES string of the molecule is C[C@@H](c1cccc(OC(=O)NCCCCCCNc2c3c(nc4cc(Br)ccc24)CCCC3)c1)N(C)C. The smallest absolute Gasteiger partial charge is 0.410 e. The summed E-state index contributed by atoms with van der Waals surface area (Å²) < 4.78 is 6.55. The Hall–Kier alpha value is -2.64. The summed E-state index contributed by atoms with van der Waals surface area (Å²) in [7, 11) is 4.07. The van der Waals surface area contributed by atoms with E-state index in [9.17, 15) is 4.79 Å². The van der Waals surface area contributed by atoms with Crippen molar-refractivity contribution in [1.82, 2.24) is 15.2 Å². The van der Waals surface area contributed by atoms with Crippen LogP contribution >= 0.6 is 15.9 Å². The van der Waals surface area contributed by atoms with Crippen LogP contribution in [-0.4, -0.2) is 43.2 Å². The van der Waals surface area contributed by atoms with E-state index in [2.05, 4.69) is 62.7 Å². The number of carbonyl (C=O) groups excluding carboxylic acids is 1. The van der Waals surface area contributed by atoms with Gasteiger partial charge in [0.25, 0.3) is 0 Å². The number of benzene rings is 2. The quantitative estimate of drug-likeness (QED) is 0.239. The van der Waals surface area contributed by atoms with Crippen LogP contribution in [0.1, 0.15) is 68.3 Å². The predicted octanol–water partition coefficient (Wildman–Crippen LogP) is 7.26. The van der Waals surface area contributed by atoms with Crippen LogP contribution < -0.4 is 15.4 Å². The molecule has 0 spiro atoms. The first-order valence-corrected chi connectivity index (χ1v) is 14.3. The molecule has 1 aliphatic rings. The topological polar surface area (TPSA) is 66.5 Å². The number of ether oxygens (including phenoxy) is 1. The second-order valence-corrected chi connectivity index (χ2v) is 11.1. The number of hydrogen-bond acceptors (Lipinski definition) is 5. The van der Waals surface area contributed by atoms with Gasteiger partial charge in [-0.05, 0) is 101 Å². The lowest BCUT2D eigenvalue weighted by atomic mass is 9.92. The molecule has 1 aliphatic carbocycles. The number of hydrogen-bond donors (Lipinski definition) is 2. The van der Waals surface area contributed by atoms with Gasteiger partial charge in [0.2, 0.25) is 0 Å². The number of carbonyl (C=O) groups is 1. The van der Waals surface area contributed by atoms with Crippen molar-refractivity contribution < 1.29 is 9.53 Å². The van der Waals surface area contributed by atoms with Crippen LogP contribution in [0.2, 0.25) is 0 Å². The number of nitrogens with zero attached hydrogens (tertiary/aromatic N) is 2. The third kappa shape index (κ3) is 7.45. The van der Waals surface area contributed by atoms with E-state index in [1.165, 1.54) is 35.2 Å². The van der Waals surface area contributed by atoms with Crippen LogP contribution in [0.15, 0.2) is 46.9 Å². The van der Waals surface area contributed by atoms with Crippen molar-refractivity contribution in [1.29, 1.82) is 0 Å². The molecule has 1 atom stereocenters. The molecule has 6 nitrogen and oxygen atoms in total. The maximum absolute atomic E-state index is 12.2. The van der Waals surface area contributed by atoms with E-state index in [0.29, 0.717) is 12.3 Å². The molecule has 7 heteroatoms. The van der Waals surface area contributed by atoms with Gasteiger partial charge >= 0.3 is 6.09 Å². The molecule has 2 aromatic carbocycles. The molecule has 0 fully saturated rings. The molecule has 4 rings (SSSR count). The minimum absolute atomic E-state index is 0.256. The number of aromatic nitrogens is 1. The lowest BCUT2D eigenvalue weighted by molar-refractivity contribution is 0.200. The summed E-state index contributed by atoms with van der Waals surface area (Å²) in [5.41, 5.74) is 6.13. The number of halogens is 1. The van der Waals surface area contributed by atoms with Crippen molar-refractivity contribution in [2.45, 2.75) is 64.3 Å². The third-order valence-corrected chi connectivity index (χ3v) is 7.72. The summed E-state index contributed by atoms with van der Waals surface area (Å²) in [5.74, 6) is 0.577. The van der Waals surface area contributed by atoms with Gasteiger partial charge in [0.1, 0.15) is 5.75 Å². The molecule has 0 saturated heterocycles. The van der Waals surface area contributed by atoms with Crippen molar-refractivity contribution in [2.75, 3.05) is 32.5 Å². The van der Waals surface area contributed by atoms with Crippen molar-refractivity contribution >= 4 is 38.6 Å². The molecule has 2 N–H and O–H groups in total. The lowest BCUT2D eigenvalue weighted by Crippen LogP contribution is -2.27. The number of rotatable bonds is 11. The van der Waals surface area contributed by atoms with Gasteiger partial charge in [-0.15, -0.1) is 0 Å². The minimum Gasteiger partial charge on any atom is -0.410 e. The number of amides is 1. The first kappa shape index (κ1) is 27.4. The van der Waals surface area contributed by atoms with Crippen LogP contribution in [0.4, 0.5) is 10.5 Å². The summed E-state index contributed by atoms with van der Waals surface area (Å²) in [6.45, 7) is 3.69. The number of fused-ring (bicyclic) bond motifs is 2. The molecule has 3 aromatic rings. The molecule has 1 aromatic heterocycles. The normalized spacial score (nSPS) is 13.9. The fourth-order valence-corrected chi connectivity index (χ4v) is 5.24. The zero-order valence-electron chi connectivity index (χ0n) is 22.3. The summed E-state index contributed by atoms with van der Waals surface area (Å²) in [6.07, 6.45) is 8.47. The fourth-order valence-electron chi connectivity index (χ4n) is 4.89. The van der Waals surface area contributed by atoms with Crippen molar-refractivity contribution in [3.8, 4) is 5.75 Å². The van der Waals surface area contributed by atoms with Gasteiger partial charge in [-0.1, -0.05) is 40.9 Å². The van der Waals surface area contributed by atoms with Gasteiger partial charge in [0.15, 0.2) is 0 Å². The van der Waals surface area contributed by atoms with Gasteiger partial charge in [-0.25, -0.2) is 4.79 Å². The van der Waals surface area contributed by atoms with E-state index in [0.717, 1.165) is 60.6 Å². The van der Waals surface area contributed by atoms with E-state index in [1.54, 1.807) is 0 Å². The zero-order chi connectivity index (χ0) is 26.2. The number of nitrogens with one attached hydrogen (secondary N) is 2. The van der Waals surface area contributed by atoms with Crippen LogP contribution in [0, 0.1) is 0 Å².